The molecule has 3 aromatic rings. The molecule has 0 N–H and O–H groups in total. The van der Waals surface area contributed by atoms with Crippen molar-refractivity contribution in [3.8, 4) is 11.5 Å². The quantitative estimate of drug-likeness (QED) is 0.546. The van der Waals surface area contributed by atoms with Crippen molar-refractivity contribution in [2.24, 2.45) is 0 Å². The Balaban J connectivity index is 1.69. The van der Waals surface area contributed by atoms with Crippen molar-refractivity contribution in [1.29, 1.82) is 0 Å². The molecule has 2 aromatic carbocycles. The summed E-state index contributed by atoms with van der Waals surface area (Å²) >= 11 is 3.19. The molecular formula is C19H17AsBrNO2. The Kier molecular flexibility index (Phi) is 5.95. The number of methoxy groups -OCH3 is 1. The molecule has 24 heavy (non-hydrogen) atoms. The van der Waals surface area contributed by atoms with Crippen LogP contribution in [0, 0.1) is 0 Å². The number of nitrogens with zero attached hydrogens (tertiary/aromatic N) is 1. The van der Waals surface area contributed by atoms with Crippen molar-refractivity contribution in [1.82, 2.24) is 4.98 Å². The van der Waals surface area contributed by atoms with Crippen LogP contribution in [0.15, 0.2) is 71.5 Å². The SMILES string of the molecule is COc1ccc(COc2cc(Br)cc([AsH]c3ccncc3)c2)cc1. The molecule has 1 atom stereocenters. The normalized spacial score (nSPS) is 10.9. The fraction of sp³-hybridized carbons (Fsp3) is 0.105. The maximum absolute atomic E-state index is 5.96. The molecule has 0 amide bonds. The third kappa shape index (κ3) is 4.86. The van der Waals surface area contributed by atoms with Crippen LogP contribution < -0.4 is 18.2 Å². The first-order chi connectivity index (χ1) is 11.7. The second-order valence-electron chi connectivity index (χ2n) is 5.17. The standard InChI is InChI=1S/C19H17AsBrNO2/c1-23-18-4-2-14(3-5-18)13-24-19-11-16(10-17(21)12-19)20-15-6-8-22-9-7-15/h2-12,20H,13H2,1H3. The molecular weight excluding hydrogens is 429 g/mol. The average Bonchev–Trinajstić information content (AvgIpc) is 2.61. The van der Waals surface area contributed by atoms with Gasteiger partial charge in [-0.2, -0.15) is 0 Å². The molecule has 1 unspecified atom stereocenters. The van der Waals surface area contributed by atoms with Crippen molar-refractivity contribution < 1.29 is 9.47 Å². The number of pyridine rings is 1. The number of aromatic nitrogens is 1. The van der Waals surface area contributed by atoms with Crippen LogP contribution in [0.2, 0.25) is 0 Å². The predicted molar refractivity (Wildman–Crippen MR) is 102 cm³/mol. The molecule has 0 saturated carbocycles. The first-order valence-corrected chi connectivity index (χ1v) is 10.4. The summed E-state index contributed by atoms with van der Waals surface area (Å²) in [5.41, 5.74) is 1.11. The van der Waals surface area contributed by atoms with E-state index in [1.54, 1.807) is 7.11 Å². The number of hydrogen-bond donors (Lipinski definition) is 0. The van der Waals surface area contributed by atoms with Crippen LogP contribution in [0.25, 0.3) is 0 Å². The fourth-order valence-corrected chi connectivity index (χ4v) is 5.41. The maximum atomic E-state index is 5.96. The van der Waals surface area contributed by atoms with E-state index < -0.39 is 15.8 Å². The zero-order valence-electron chi connectivity index (χ0n) is 13.2. The molecule has 0 radical (unpaired) electrons. The minimum absolute atomic E-state index is 0.394. The molecule has 0 fully saturated rings. The van der Waals surface area contributed by atoms with E-state index in [1.807, 2.05) is 42.7 Å². The van der Waals surface area contributed by atoms with Crippen LogP contribution in [-0.4, -0.2) is 27.8 Å². The zero-order chi connectivity index (χ0) is 16.8. The van der Waals surface area contributed by atoms with Crippen LogP contribution in [0.4, 0.5) is 0 Å². The third-order valence-electron chi connectivity index (χ3n) is 3.40. The van der Waals surface area contributed by atoms with Gasteiger partial charge in [-0.25, -0.2) is 0 Å². The second-order valence-corrected chi connectivity index (χ2v) is 9.04. The van der Waals surface area contributed by atoms with Crippen molar-refractivity contribution >= 4 is 40.4 Å². The molecule has 0 aliphatic rings. The van der Waals surface area contributed by atoms with Gasteiger partial charge in [0.05, 0.1) is 0 Å². The first kappa shape index (κ1) is 17.1. The minimum atomic E-state index is -0.394. The summed E-state index contributed by atoms with van der Waals surface area (Å²) in [5.74, 6) is 1.74. The topological polar surface area (TPSA) is 31.4 Å². The number of halogens is 1. The van der Waals surface area contributed by atoms with Gasteiger partial charge in [0.2, 0.25) is 0 Å². The van der Waals surface area contributed by atoms with E-state index in [0.29, 0.717) is 6.61 Å². The van der Waals surface area contributed by atoms with Crippen molar-refractivity contribution in [3.63, 3.8) is 0 Å². The van der Waals surface area contributed by atoms with Gasteiger partial charge in [-0.15, -0.1) is 0 Å². The molecule has 0 aliphatic carbocycles. The number of ether oxygens (including phenoxy) is 2. The average molecular weight is 446 g/mol. The molecule has 1 heterocycles. The van der Waals surface area contributed by atoms with Gasteiger partial charge in [0.25, 0.3) is 0 Å². The summed E-state index contributed by atoms with van der Waals surface area (Å²) in [7, 11) is 1.67. The molecule has 0 bridgehead atoms. The number of rotatable bonds is 6. The third-order valence-corrected chi connectivity index (χ3v) is 6.38. The predicted octanol–water partition coefficient (Wildman–Crippen LogP) is 2.82. The Morgan fingerprint density at radius 3 is 2.38 bits per heavy atom. The van der Waals surface area contributed by atoms with Gasteiger partial charge in [0, 0.05) is 0 Å². The van der Waals surface area contributed by atoms with E-state index in [2.05, 4.69) is 45.2 Å². The Labute approximate surface area is 156 Å². The van der Waals surface area contributed by atoms with Gasteiger partial charge >= 0.3 is 157 Å². The molecule has 1 aromatic heterocycles. The van der Waals surface area contributed by atoms with E-state index in [4.69, 9.17) is 9.47 Å². The molecule has 0 spiro atoms. The molecule has 0 aliphatic heterocycles. The van der Waals surface area contributed by atoms with Gasteiger partial charge in [-0.05, 0) is 0 Å². The monoisotopic (exact) mass is 445 g/mol. The first-order valence-electron chi connectivity index (χ1n) is 7.46. The van der Waals surface area contributed by atoms with Crippen LogP contribution >= 0.6 is 15.9 Å². The van der Waals surface area contributed by atoms with Crippen molar-refractivity contribution in [2.45, 2.75) is 6.61 Å². The summed E-state index contributed by atoms with van der Waals surface area (Å²) in [6.07, 6.45) is 3.69. The summed E-state index contributed by atoms with van der Waals surface area (Å²) < 4.78 is 14.8. The van der Waals surface area contributed by atoms with Crippen LogP contribution in [-0.2, 0) is 6.61 Å². The summed E-state index contributed by atoms with van der Waals surface area (Å²) in [4.78, 5) is 4.07. The summed E-state index contributed by atoms with van der Waals surface area (Å²) in [5, 5.41) is 0. The van der Waals surface area contributed by atoms with Gasteiger partial charge in [0.1, 0.15) is 0 Å². The molecule has 3 rings (SSSR count). The fourth-order valence-electron chi connectivity index (χ4n) is 2.21. The molecule has 0 saturated heterocycles. The van der Waals surface area contributed by atoms with Gasteiger partial charge in [0.15, 0.2) is 0 Å². The Morgan fingerprint density at radius 2 is 1.67 bits per heavy atom. The Bertz CT molecular complexity index is 794. The Hall–Kier alpha value is -1.77. The van der Waals surface area contributed by atoms with Crippen molar-refractivity contribution in [3.05, 3.63) is 77.0 Å². The number of hydrogen-bond acceptors (Lipinski definition) is 3. The van der Waals surface area contributed by atoms with E-state index >= 15 is 0 Å². The molecule has 5 heteroatoms. The summed E-state index contributed by atoms with van der Waals surface area (Å²) in [6, 6.07) is 18.4. The van der Waals surface area contributed by atoms with Crippen LogP contribution in [0.5, 0.6) is 11.5 Å². The van der Waals surface area contributed by atoms with E-state index in [0.717, 1.165) is 21.5 Å². The summed E-state index contributed by atoms with van der Waals surface area (Å²) in [6.45, 7) is 0.537. The molecule has 3 nitrogen and oxygen atoms in total. The van der Waals surface area contributed by atoms with E-state index in [-0.39, 0.29) is 0 Å². The van der Waals surface area contributed by atoms with Crippen molar-refractivity contribution in [2.75, 3.05) is 7.11 Å². The number of benzene rings is 2. The molecule has 122 valence electrons. The van der Waals surface area contributed by atoms with E-state index in [9.17, 15) is 0 Å². The van der Waals surface area contributed by atoms with Gasteiger partial charge in [-0.3, -0.25) is 0 Å². The van der Waals surface area contributed by atoms with Gasteiger partial charge in [-0.1, -0.05) is 0 Å². The Morgan fingerprint density at radius 1 is 0.917 bits per heavy atom. The van der Waals surface area contributed by atoms with Gasteiger partial charge < -0.3 is 0 Å². The van der Waals surface area contributed by atoms with Crippen LogP contribution in [0.1, 0.15) is 5.56 Å². The van der Waals surface area contributed by atoms with E-state index in [1.165, 1.54) is 8.70 Å². The zero-order valence-corrected chi connectivity index (χ0v) is 16.9. The second kappa shape index (κ2) is 8.36. The van der Waals surface area contributed by atoms with Crippen LogP contribution in [0.3, 0.4) is 0 Å².